The molecule has 1 rings (SSSR count). The second-order valence-corrected chi connectivity index (χ2v) is 2.39. The molecule has 0 aromatic heterocycles. The van der Waals surface area contributed by atoms with Crippen molar-refractivity contribution in [3.63, 3.8) is 0 Å². The third-order valence-electron chi connectivity index (χ3n) is 1.64. The van der Waals surface area contributed by atoms with E-state index in [0.717, 1.165) is 0 Å². The Morgan fingerprint density at radius 1 is 1.83 bits per heavy atom. The van der Waals surface area contributed by atoms with E-state index in [1.165, 1.54) is 17.4 Å². The molecule has 12 heavy (non-hydrogen) atoms. The predicted octanol–water partition coefficient (Wildman–Crippen LogP) is 1.11. The summed E-state index contributed by atoms with van der Waals surface area (Å²) in [5, 5.41) is 0. The monoisotopic (exact) mass is 169 g/mol. The minimum Gasteiger partial charge on any atom is -0.474 e. The van der Waals surface area contributed by atoms with Crippen LogP contribution in [0.4, 0.5) is 4.79 Å². The maximum absolute atomic E-state index is 10.8. The number of ether oxygens (including phenoxy) is 2. The number of hydrogen-bond acceptors (Lipinski definition) is 3. The molecule has 4 nitrogen and oxygen atoms in total. The van der Waals surface area contributed by atoms with Crippen LogP contribution in [0.15, 0.2) is 25.2 Å². The molecular formula is C8H11NO3. The number of amides is 1. The first-order valence-electron chi connectivity index (χ1n) is 3.58. The first kappa shape index (κ1) is 8.64. The largest absolute Gasteiger partial charge is 0.474 e. The van der Waals surface area contributed by atoms with E-state index in [1.807, 2.05) is 0 Å². The van der Waals surface area contributed by atoms with E-state index in [1.54, 1.807) is 13.1 Å². The van der Waals surface area contributed by atoms with Crippen LogP contribution >= 0.6 is 0 Å². The molecule has 1 fully saturated rings. The van der Waals surface area contributed by atoms with E-state index in [-0.39, 0.29) is 12.1 Å². The number of carbonyl (C=O) groups is 1. The molecule has 1 atom stereocenters. The highest BCUT2D eigenvalue weighted by Gasteiger charge is 2.27. The molecule has 66 valence electrons. The molecule has 0 aromatic carbocycles. The van der Waals surface area contributed by atoms with E-state index in [0.29, 0.717) is 6.61 Å². The molecule has 1 saturated heterocycles. The fourth-order valence-electron chi connectivity index (χ4n) is 0.882. The van der Waals surface area contributed by atoms with Gasteiger partial charge in [-0.2, -0.15) is 0 Å². The molecule has 1 amide bonds. The average molecular weight is 169 g/mol. The summed E-state index contributed by atoms with van der Waals surface area (Å²) in [5.74, 6) is 0. The Labute approximate surface area is 71.1 Å². The van der Waals surface area contributed by atoms with Crippen LogP contribution in [-0.2, 0) is 9.47 Å². The van der Waals surface area contributed by atoms with Crippen LogP contribution < -0.4 is 0 Å². The van der Waals surface area contributed by atoms with E-state index in [9.17, 15) is 4.79 Å². The fourth-order valence-corrected chi connectivity index (χ4v) is 0.882. The smallest absolute Gasteiger partial charge is 0.410 e. The Morgan fingerprint density at radius 2 is 2.58 bits per heavy atom. The Hall–Kier alpha value is -1.45. The van der Waals surface area contributed by atoms with Gasteiger partial charge in [-0.15, -0.1) is 0 Å². The van der Waals surface area contributed by atoms with Gasteiger partial charge in [0.2, 0.25) is 0 Å². The zero-order valence-corrected chi connectivity index (χ0v) is 6.90. The average Bonchev–Trinajstić information content (AvgIpc) is 2.36. The molecule has 1 heterocycles. The van der Waals surface area contributed by atoms with E-state index in [4.69, 9.17) is 9.47 Å². The summed E-state index contributed by atoms with van der Waals surface area (Å²) in [6, 6.07) is -0.0301. The van der Waals surface area contributed by atoms with Gasteiger partial charge in [-0.3, -0.25) is 0 Å². The molecule has 1 unspecified atom stereocenters. The summed E-state index contributed by atoms with van der Waals surface area (Å²) in [6.07, 6.45) is 4.24. The molecule has 0 aliphatic carbocycles. The van der Waals surface area contributed by atoms with Gasteiger partial charge >= 0.3 is 6.09 Å². The Morgan fingerprint density at radius 3 is 3.08 bits per heavy atom. The standard InChI is InChI=1S/C8H11NO3/c1-3-11-5-4-7-6-12-8(10)9(7)2/h3-5,7H,1,6H2,2H3. The number of nitrogens with zero attached hydrogens (tertiary/aromatic N) is 1. The van der Waals surface area contributed by atoms with Gasteiger partial charge in [0.1, 0.15) is 6.61 Å². The summed E-state index contributed by atoms with van der Waals surface area (Å²) in [5.41, 5.74) is 0. The quantitative estimate of drug-likeness (QED) is 0.594. The Bertz CT molecular complexity index is 212. The van der Waals surface area contributed by atoms with Crippen molar-refractivity contribution in [2.45, 2.75) is 6.04 Å². The van der Waals surface area contributed by atoms with Crippen LogP contribution in [0, 0.1) is 0 Å². The minimum absolute atomic E-state index is 0.0301. The molecule has 0 saturated carbocycles. The molecule has 0 spiro atoms. The second kappa shape index (κ2) is 3.80. The normalized spacial score (nSPS) is 22.9. The van der Waals surface area contributed by atoms with Crippen molar-refractivity contribution >= 4 is 6.09 Å². The van der Waals surface area contributed by atoms with Gasteiger partial charge in [0.25, 0.3) is 0 Å². The molecule has 1 aliphatic rings. The van der Waals surface area contributed by atoms with Gasteiger partial charge < -0.3 is 14.4 Å². The summed E-state index contributed by atoms with van der Waals surface area (Å²) >= 11 is 0. The van der Waals surface area contributed by atoms with E-state index >= 15 is 0 Å². The molecule has 1 aliphatic heterocycles. The van der Waals surface area contributed by atoms with Crippen molar-refractivity contribution in [1.29, 1.82) is 0 Å². The number of cyclic esters (lactones) is 1. The van der Waals surface area contributed by atoms with Crippen molar-refractivity contribution in [3.05, 3.63) is 25.2 Å². The van der Waals surface area contributed by atoms with Gasteiger partial charge in [0.05, 0.1) is 18.6 Å². The van der Waals surface area contributed by atoms with Gasteiger partial charge in [-0.05, 0) is 6.08 Å². The fraction of sp³-hybridized carbons (Fsp3) is 0.375. The molecule has 0 aromatic rings. The molecule has 0 bridgehead atoms. The highest BCUT2D eigenvalue weighted by Crippen LogP contribution is 2.10. The maximum atomic E-state index is 10.8. The van der Waals surface area contributed by atoms with Gasteiger partial charge in [-0.25, -0.2) is 4.79 Å². The number of likely N-dealkylation sites (N-methyl/N-ethyl adjacent to an activating group) is 1. The summed E-state index contributed by atoms with van der Waals surface area (Å²) in [6.45, 7) is 3.75. The Kier molecular flexibility index (Phi) is 2.74. The lowest BCUT2D eigenvalue weighted by Gasteiger charge is -2.10. The number of rotatable bonds is 3. The molecule has 0 radical (unpaired) electrons. The highest BCUT2D eigenvalue weighted by atomic mass is 16.6. The van der Waals surface area contributed by atoms with Crippen molar-refractivity contribution in [2.75, 3.05) is 13.7 Å². The second-order valence-electron chi connectivity index (χ2n) is 2.39. The minimum atomic E-state index is -0.303. The molecular weight excluding hydrogens is 158 g/mol. The maximum Gasteiger partial charge on any atom is 0.410 e. The zero-order chi connectivity index (χ0) is 8.97. The SMILES string of the molecule is C=COC=CC1COC(=O)N1C. The van der Waals surface area contributed by atoms with Crippen LogP contribution in [0.25, 0.3) is 0 Å². The number of carbonyl (C=O) groups excluding carboxylic acids is 1. The summed E-state index contributed by atoms with van der Waals surface area (Å²) in [7, 11) is 1.68. The van der Waals surface area contributed by atoms with Gasteiger partial charge in [0, 0.05) is 7.05 Å². The van der Waals surface area contributed by atoms with Crippen molar-refractivity contribution in [2.24, 2.45) is 0 Å². The molecule has 0 N–H and O–H groups in total. The third kappa shape index (κ3) is 1.78. The Balaban J connectivity index is 2.43. The third-order valence-corrected chi connectivity index (χ3v) is 1.64. The van der Waals surface area contributed by atoms with Crippen LogP contribution in [0.3, 0.4) is 0 Å². The zero-order valence-electron chi connectivity index (χ0n) is 6.90. The van der Waals surface area contributed by atoms with Crippen LogP contribution in [0.5, 0.6) is 0 Å². The van der Waals surface area contributed by atoms with Crippen molar-refractivity contribution in [3.8, 4) is 0 Å². The lowest BCUT2D eigenvalue weighted by molar-refractivity contribution is 0.163. The van der Waals surface area contributed by atoms with Gasteiger partial charge in [0.15, 0.2) is 0 Å². The van der Waals surface area contributed by atoms with Crippen LogP contribution in [-0.4, -0.2) is 30.7 Å². The first-order valence-corrected chi connectivity index (χ1v) is 3.58. The van der Waals surface area contributed by atoms with Crippen LogP contribution in [0.1, 0.15) is 0 Å². The van der Waals surface area contributed by atoms with E-state index in [2.05, 4.69) is 6.58 Å². The lowest BCUT2D eigenvalue weighted by atomic mass is 10.3. The van der Waals surface area contributed by atoms with Crippen molar-refractivity contribution < 1.29 is 14.3 Å². The lowest BCUT2D eigenvalue weighted by Crippen LogP contribution is -2.27. The molecule has 4 heteroatoms. The van der Waals surface area contributed by atoms with E-state index < -0.39 is 0 Å². The van der Waals surface area contributed by atoms with Crippen LogP contribution in [0.2, 0.25) is 0 Å². The first-order chi connectivity index (χ1) is 5.75. The summed E-state index contributed by atoms with van der Waals surface area (Å²) in [4.78, 5) is 12.3. The summed E-state index contributed by atoms with van der Waals surface area (Å²) < 4.78 is 9.53. The predicted molar refractivity (Wildman–Crippen MR) is 43.3 cm³/mol. The topological polar surface area (TPSA) is 38.8 Å². The highest BCUT2D eigenvalue weighted by molar-refractivity contribution is 5.70. The van der Waals surface area contributed by atoms with Gasteiger partial charge in [-0.1, -0.05) is 6.58 Å². The number of hydrogen-bond donors (Lipinski definition) is 0. The van der Waals surface area contributed by atoms with Crippen molar-refractivity contribution in [1.82, 2.24) is 4.90 Å².